The molecule has 2 bridgehead atoms. The van der Waals surface area contributed by atoms with Gasteiger partial charge in [0.15, 0.2) is 11.6 Å². The van der Waals surface area contributed by atoms with Crippen molar-refractivity contribution in [1.29, 1.82) is 0 Å². The molecule has 0 amide bonds. The maximum absolute atomic E-state index is 14.3. The van der Waals surface area contributed by atoms with Crippen molar-refractivity contribution >= 4 is 5.82 Å². The maximum Gasteiger partial charge on any atom is 0.187 e. The van der Waals surface area contributed by atoms with Gasteiger partial charge in [0.25, 0.3) is 0 Å². The molecular weight excluding hydrogens is 231 g/mol. The van der Waals surface area contributed by atoms with E-state index >= 15 is 0 Å². The van der Waals surface area contributed by atoms with Crippen molar-refractivity contribution in [2.75, 3.05) is 4.90 Å². The molecule has 0 spiro atoms. The maximum atomic E-state index is 14.3. The number of anilines is 1. The molecule has 0 radical (unpaired) electrons. The van der Waals surface area contributed by atoms with E-state index in [0.717, 1.165) is 25.7 Å². The first-order chi connectivity index (χ1) is 8.70. The van der Waals surface area contributed by atoms with Gasteiger partial charge in [-0.25, -0.2) is 14.4 Å². The van der Waals surface area contributed by atoms with E-state index in [9.17, 15) is 4.39 Å². The minimum atomic E-state index is -0.243. The van der Waals surface area contributed by atoms with Gasteiger partial charge < -0.3 is 10.6 Å². The number of rotatable bonds is 2. The molecule has 0 aromatic carbocycles. The molecule has 2 N–H and O–H groups in total. The molecule has 2 saturated heterocycles. The summed E-state index contributed by atoms with van der Waals surface area (Å²) in [5.41, 5.74) is 6.55. The van der Waals surface area contributed by atoms with Crippen LogP contribution in [0.2, 0.25) is 0 Å². The summed E-state index contributed by atoms with van der Waals surface area (Å²) in [5, 5.41) is 0. The Kier molecular flexibility index (Phi) is 2.93. The van der Waals surface area contributed by atoms with E-state index in [1.807, 2.05) is 6.92 Å². The monoisotopic (exact) mass is 250 g/mol. The Balaban J connectivity index is 1.96. The number of hydrogen-bond acceptors (Lipinski definition) is 4. The Morgan fingerprint density at radius 1 is 1.33 bits per heavy atom. The fourth-order valence-corrected chi connectivity index (χ4v) is 3.39. The first kappa shape index (κ1) is 11.8. The molecule has 1 aromatic rings. The molecule has 4 nitrogen and oxygen atoms in total. The van der Waals surface area contributed by atoms with Crippen LogP contribution in [0.4, 0.5) is 10.2 Å². The van der Waals surface area contributed by atoms with Crippen molar-refractivity contribution in [3.63, 3.8) is 0 Å². The van der Waals surface area contributed by atoms with Crippen LogP contribution in [0.3, 0.4) is 0 Å². The van der Waals surface area contributed by atoms with Crippen LogP contribution in [0.25, 0.3) is 0 Å². The fourth-order valence-electron chi connectivity index (χ4n) is 3.39. The first-order valence-corrected chi connectivity index (χ1v) is 6.74. The lowest BCUT2D eigenvalue weighted by Crippen LogP contribution is -2.48. The molecule has 2 aliphatic rings. The van der Waals surface area contributed by atoms with Gasteiger partial charge in [-0.1, -0.05) is 6.92 Å². The molecule has 1 aromatic heterocycles. The van der Waals surface area contributed by atoms with E-state index in [1.165, 1.54) is 6.33 Å². The van der Waals surface area contributed by atoms with Crippen molar-refractivity contribution in [3.8, 4) is 0 Å². The second kappa shape index (κ2) is 4.46. The molecule has 3 rings (SSSR count). The highest BCUT2D eigenvalue weighted by atomic mass is 19.1. The van der Waals surface area contributed by atoms with Crippen LogP contribution in [0.1, 0.15) is 38.3 Å². The fraction of sp³-hybridized carbons (Fsp3) is 0.692. The van der Waals surface area contributed by atoms with Gasteiger partial charge in [-0.05, 0) is 32.1 Å². The van der Waals surface area contributed by atoms with Crippen LogP contribution in [-0.4, -0.2) is 28.1 Å². The van der Waals surface area contributed by atoms with Gasteiger partial charge in [-0.3, -0.25) is 0 Å². The number of aromatic nitrogens is 2. The Hall–Kier alpha value is -1.23. The van der Waals surface area contributed by atoms with Crippen LogP contribution < -0.4 is 10.6 Å². The predicted octanol–water partition coefficient (Wildman–Crippen LogP) is 1.64. The molecule has 5 heteroatoms. The second-order valence-electron chi connectivity index (χ2n) is 5.34. The zero-order valence-electron chi connectivity index (χ0n) is 10.6. The summed E-state index contributed by atoms with van der Waals surface area (Å²) in [6, 6.07) is 0.968. The minimum Gasteiger partial charge on any atom is -0.348 e. The average Bonchev–Trinajstić information content (AvgIpc) is 2.62. The number of aryl methyl sites for hydroxylation is 1. The molecule has 3 heterocycles. The number of nitrogens with two attached hydrogens (primary N) is 1. The number of nitrogens with zero attached hydrogens (tertiary/aromatic N) is 3. The van der Waals surface area contributed by atoms with Gasteiger partial charge in [0, 0.05) is 18.1 Å². The van der Waals surface area contributed by atoms with E-state index < -0.39 is 0 Å². The lowest BCUT2D eigenvalue weighted by Gasteiger charge is -2.38. The highest BCUT2D eigenvalue weighted by molar-refractivity contribution is 5.46. The van der Waals surface area contributed by atoms with Gasteiger partial charge in [0.1, 0.15) is 6.33 Å². The number of halogens is 1. The number of piperidine rings is 1. The molecule has 98 valence electrons. The van der Waals surface area contributed by atoms with Crippen LogP contribution in [0.15, 0.2) is 6.33 Å². The SMILES string of the molecule is CCc1ncnc(N2C3CCC2CC(N)C3)c1F. The van der Waals surface area contributed by atoms with Crippen molar-refractivity contribution in [2.24, 2.45) is 5.73 Å². The summed E-state index contributed by atoms with van der Waals surface area (Å²) in [6.45, 7) is 1.91. The quantitative estimate of drug-likeness (QED) is 0.867. The molecule has 2 atom stereocenters. The van der Waals surface area contributed by atoms with Crippen LogP contribution in [0.5, 0.6) is 0 Å². The van der Waals surface area contributed by atoms with Gasteiger partial charge in [0.05, 0.1) is 5.69 Å². The third kappa shape index (κ3) is 1.77. The van der Waals surface area contributed by atoms with Gasteiger partial charge in [0.2, 0.25) is 0 Å². The van der Waals surface area contributed by atoms with Crippen molar-refractivity contribution in [1.82, 2.24) is 9.97 Å². The molecule has 0 aliphatic carbocycles. The molecule has 18 heavy (non-hydrogen) atoms. The minimum absolute atomic E-state index is 0.243. The zero-order valence-corrected chi connectivity index (χ0v) is 10.6. The summed E-state index contributed by atoms with van der Waals surface area (Å²) in [6.07, 6.45) is 6.17. The Bertz CT molecular complexity index is 437. The van der Waals surface area contributed by atoms with Crippen LogP contribution >= 0.6 is 0 Å². The summed E-state index contributed by atoms with van der Waals surface area (Å²) in [4.78, 5) is 10.3. The first-order valence-electron chi connectivity index (χ1n) is 6.74. The van der Waals surface area contributed by atoms with Gasteiger partial charge in [-0.2, -0.15) is 0 Å². The van der Waals surface area contributed by atoms with E-state index in [-0.39, 0.29) is 11.9 Å². The summed E-state index contributed by atoms with van der Waals surface area (Å²) in [7, 11) is 0. The van der Waals surface area contributed by atoms with Crippen molar-refractivity contribution in [2.45, 2.75) is 57.2 Å². The summed E-state index contributed by atoms with van der Waals surface area (Å²) in [5.74, 6) is 0.244. The highest BCUT2D eigenvalue weighted by Gasteiger charge is 2.41. The van der Waals surface area contributed by atoms with E-state index in [0.29, 0.717) is 30.0 Å². The van der Waals surface area contributed by atoms with E-state index in [2.05, 4.69) is 14.9 Å². The standard InChI is InChI=1S/C13H19FN4/c1-2-11-12(14)13(17-7-16-11)18-9-3-4-10(18)6-8(15)5-9/h7-10H,2-6,15H2,1H3. The van der Waals surface area contributed by atoms with Crippen molar-refractivity contribution < 1.29 is 4.39 Å². The Morgan fingerprint density at radius 2 is 2.00 bits per heavy atom. The summed E-state index contributed by atoms with van der Waals surface area (Å²) >= 11 is 0. The lowest BCUT2D eigenvalue weighted by atomic mass is 9.98. The lowest BCUT2D eigenvalue weighted by molar-refractivity contribution is 0.405. The molecule has 2 aliphatic heterocycles. The van der Waals surface area contributed by atoms with Gasteiger partial charge >= 0.3 is 0 Å². The molecule has 2 unspecified atom stereocenters. The average molecular weight is 250 g/mol. The third-order valence-corrected chi connectivity index (χ3v) is 4.19. The third-order valence-electron chi connectivity index (χ3n) is 4.19. The number of fused-ring (bicyclic) bond motifs is 2. The normalized spacial score (nSPS) is 30.8. The molecule has 2 fully saturated rings. The van der Waals surface area contributed by atoms with E-state index in [4.69, 9.17) is 5.73 Å². The molecule has 0 saturated carbocycles. The smallest absolute Gasteiger partial charge is 0.187 e. The van der Waals surface area contributed by atoms with Crippen LogP contribution in [0, 0.1) is 5.82 Å². The van der Waals surface area contributed by atoms with Crippen molar-refractivity contribution in [3.05, 3.63) is 17.8 Å². The second-order valence-corrected chi connectivity index (χ2v) is 5.34. The predicted molar refractivity (Wildman–Crippen MR) is 67.9 cm³/mol. The van der Waals surface area contributed by atoms with Gasteiger partial charge in [-0.15, -0.1) is 0 Å². The zero-order chi connectivity index (χ0) is 12.7. The largest absolute Gasteiger partial charge is 0.348 e. The van der Waals surface area contributed by atoms with E-state index in [1.54, 1.807) is 0 Å². The van der Waals surface area contributed by atoms with Crippen LogP contribution in [-0.2, 0) is 6.42 Å². The highest BCUT2D eigenvalue weighted by Crippen LogP contribution is 2.39. The Labute approximate surface area is 106 Å². The topological polar surface area (TPSA) is 55.0 Å². The Morgan fingerprint density at radius 3 is 2.61 bits per heavy atom. The number of hydrogen-bond donors (Lipinski definition) is 1. The molecular formula is C13H19FN4. The summed E-state index contributed by atoms with van der Waals surface area (Å²) < 4.78 is 14.3.